The lowest BCUT2D eigenvalue weighted by Crippen LogP contribution is -2.33. The number of fused-ring (bicyclic) bond motifs is 4. The van der Waals surface area contributed by atoms with E-state index in [1.165, 1.54) is 103 Å². The highest BCUT2D eigenvalue weighted by atomic mass is 16.8. The molecule has 5 aliphatic rings. The number of amides is 2. The molecule has 324 valence electrons. The predicted molar refractivity (Wildman–Crippen MR) is 232 cm³/mol. The zero-order valence-corrected chi connectivity index (χ0v) is 35.4. The third-order valence-electron chi connectivity index (χ3n) is 12.1. The average Bonchev–Trinajstić information content (AvgIpc) is 3.33. The Bertz CT molecular complexity index is 2070. The average molecular weight is 833 g/mol. The number of hydrogen-bond acceptors (Lipinski definition) is 8. The zero-order valence-electron chi connectivity index (χ0n) is 35.4. The van der Waals surface area contributed by atoms with Crippen LogP contribution in [0.15, 0.2) is 72.8 Å². The number of methoxy groups -OCH3 is 1. The largest absolute Gasteiger partial charge is 0.478 e. The van der Waals surface area contributed by atoms with E-state index in [0.717, 1.165) is 70.6 Å². The van der Waals surface area contributed by atoms with Gasteiger partial charge in [-0.3, -0.25) is 14.8 Å². The maximum atomic E-state index is 12.1. The molecule has 4 aromatic rings. The van der Waals surface area contributed by atoms with Gasteiger partial charge in [-0.25, -0.2) is 25.4 Å². The van der Waals surface area contributed by atoms with Crippen molar-refractivity contribution in [1.82, 2.24) is 11.0 Å². The number of aryl methyl sites for hydroxylation is 8. The lowest BCUT2D eigenvalue weighted by Gasteiger charge is -2.22. The second-order valence-electron chi connectivity index (χ2n) is 16.3. The number of nitrogens with one attached hydrogen (secondary N) is 2. The molecule has 1 fully saturated rings. The number of carboxylic acids is 1. The van der Waals surface area contributed by atoms with E-state index in [2.05, 4.69) is 22.3 Å². The quantitative estimate of drug-likeness (QED) is 0.0845. The van der Waals surface area contributed by atoms with E-state index >= 15 is 0 Å². The Hall–Kier alpha value is -5.36. The van der Waals surface area contributed by atoms with Crippen molar-refractivity contribution in [3.05, 3.63) is 140 Å². The van der Waals surface area contributed by atoms with Crippen LogP contribution in [0.5, 0.6) is 0 Å². The molecule has 0 bridgehead atoms. The summed E-state index contributed by atoms with van der Waals surface area (Å²) in [5, 5.41) is 17.3. The van der Waals surface area contributed by atoms with Crippen molar-refractivity contribution in [3.63, 3.8) is 0 Å². The molecule has 11 nitrogen and oxygen atoms in total. The van der Waals surface area contributed by atoms with Crippen LogP contribution in [0.1, 0.15) is 157 Å². The van der Waals surface area contributed by atoms with Gasteiger partial charge in [0.05, 0.1) is 18.2 Å². The Morgan fingerprint density at radius 1 is 0.525 bits per heavy atom. The standard InChI is InChI=1S/C16H21NO3.C12H14O2.C11H13NO2.C11H12O2/c18-16(17-20-15-7-3-4-10-19-15)14-9-8-12-5-1-2-6-13(12)11-14;1-14-12(13)11-7-6-9-4-2-3-5-10(9)8-11;13-11(12-14)10-6-5-8-3-1-2-4-9(8)7-10;12-11(13)10-6-5-8-3-1-2-4-9(8)7-10/h8-9,11,15H,1-7,10H2,(H,17,18);6-8H,2-5H2,1H3;5-7,14H,1-4H2,(H,12,13);5-7H,1-4H2,(H,12,13). The molecule has 61 heavy (non-hydrogen) atoms. The second-order valence-corrected chi connectivity index (χ2v) is 16.3. The Balaban J connectivity index is 0.000000138. The smallest absolute Gasteiger partial charge is 0.337 e. The van der Waals surface area contributed by atoms with E-state index in [4.69, 9.17) is 19.9 Å². The minimum atomic E-state index is -0.826. The maximum absolute atomic E-state index is 12.1. The van der Waals surface area contributed by atoms with E-state index in [0.29, 0.717) is 28.9 Å². The summed E-state index contributed by atoms with van der Waals surface area (Å²) >= 11 is 0. The molecule has 0 spiro atoms. The molecule has 1 aliphatic heterocycles. The third kappa shape index (κ3) is 13.1. The summed E-state index contributed by atoms with van der Waals surface area (Å²) in [5.41, 5.74) is 17.0. The van der Waals surface area contributed by atoms with Gasteiger partial charge >= 0.3 is 11.9 Å². The first-order valence-corrected chi connectivity index (χ1v) is 22.0. The van der Waals surface area contributed by atoms with E-state index in [-0.39, 0.29) is 18.2 Å². The highest BCUT2D eigenvalue weighted by molar-refractivity contribution is 5.94. The maximum Gasteiger partial charge on any atom is 0.337 e. The van der Waals surface area contributed by atoms with Gasteiger partial charge in [0.15, 0.2) is 6.29 Å². The number of carbonyl (C=O) groups excluding carboxylic acids is 3. The topological polar surface area (TPSA) is 160 Å². The summed E-state index contributed by atoms with van der Waals surface area (Å²) in [6.45, 7) is 0.708. The third-order valence-corrected chi connectivity index (χ3v) is 12.1. The molecule has 2 amide bonds. The molecule has 4 aliphatic carbocycles. The van der Waals surface area contributed by atoms with Crippen LogP contribution in [0.25, 0.3) is 0 Å². The summed E-state index contributed by atoms with van der Waals surface area (Å²) in [4.78, 5) is 50.5. The monoisotopic (exact) mass is 832 g/mol. The second kappa shape index (κ2) is 23.0. The molecule has 0 saturated carbocycles. The molecule has 1 saturated heterocycles. The van der Waals surface area contributed by atoms with Crippen molar-refractivity contribution >= 4 is 23.8 Å². The van der Waals surface area contributed by atoms with Crippen LogP contribution in [-0.2, 0) is 65.7 Å². The minimum absolute atomic E-state index is 0.187. The van der Waals surface area contributed by atoms with Crippen LogP contribution >= 0.6 is 0 Å². The lowest BCUT2D eigenvalue weighted by molar-refractivity contribution is -0.186. The van der Waals surface area contributed by atoms with Crippen LogP contribution in [-0.4, -0.2) is 54.1 Å². The summed E-state index contributed by atoms with van der Waals surface area (Å²) in [6.07, 6.45) is 21.2. The van der Waals surface area contributed by atoms with Gasteiger partial charge in [-0.15, -0.1) is 0 Å². The highest BCUT2D eigenvalue weighted by Gasteiger charge is 2.18. The van der Waals surface area contributed by atoms with Gasteiger partial charge in [0.2, 0.25) is 0 Å². The van der Waals surface area contributed by atoms with Gasteiger partial charge in [-0.2, -0.15) is 0 Å². The molecule has 4 N–H and O–H groups in total. The van der Waals surface area contributed by atoms with Gasteiger partial charge in [0.25, 0.3) is 11.8 Å². The van der Waals surface area contributed by atoms with Gasteiger partial charge < -0.3 is 14.6 Å². The van der Waals surface area contributed by atoms with E-state index in [9.17, 15) is 19.2 Å². The fraction of sp³-hybridized carbons (Fsp3) is 0.440. The van der Waals surface area contributed by atoms with Gasteiger partial charge in [0.1, 0.15) is 0 Å². The van der Waals surface area contributed by atoms with E-state index in [1.807, 2.05) is 48.5 Å². The zero-order chi connectivity index (χ0) is 43.0. The molecule has 11 heteroatoms. The number of esters is 1. The Morgan fingerprint density at radius 3 is 1.33 bits per heavy atom. The van der Waals surface area contributed by atoms with Crippen molar-refractivity contribution < 1.29 is 43.8 Å². The van der Waals surface area contributed by atoms with Crippen molar-refractivity contribution in [1.29, 1.82) is 0 Å². The number of hydrogen-bond donors (Lipinski definition) is 4. The molecule has 9 rings (SSSR count). The summed E-state index contributed by atoms with van der Waals surface area (Å²) in [6, 6.07) is 22.9. The van der Waals surface area contributed by atoms with Crippen molar-refractivity contribution in [2.24, 2.45) is 0 Å². The predicted octanol–water partition coefficient (Wildman–Crippen LogP) is 9.05. The molecule has 1 unspecified atom stereocenters. The SMILES string of the molecule is COC(=O)c1ccc2c(c1)CCCC2.O=C(NO)c1ccc2c(c1)CCCC2.O=C(NOC1CCCCO1)c1ccc2c(c1)CCCC2.O=C(O)c1ccc2c(c1)CCCC2. The number of carbonyl (C=O) groups is 4. The Labute approximate surface area is 359 Å². The number of carboxylic acid groups (broad SMARTS) is 1. The van der Waals surface area contributed by atoms with Gasteiger partial charge in [-0.1, -0.05) is 24.3 Å². The van der Waals surface area contributed by atoms with Crippen LogP contribution < -0.4 is 11.0 Å². The first-order valence-electron chi connectivity index (χ1n) is 22.0. The number of benzene rings is 4. The normalized spacial score (nSPS) is 17.2. The van der Waals surface area contributed by atoms with Crippen LogP contribution in [0, 0.1) is 0 Å². The number of ether oxygens (including phenoxy) is 2. The molecule has 4 aromatic carbocycles. The number of rotatable bonds is 6. The Kier molecular flexibility index (Phi) is 17.0. The molecule has 1 atom stereocenters. The van der Waals surface area contributed by atoms with Crippen LogP contribution in [0.3, 0.4) is 0 Å². The fourth-order valence-corrected chi connectivity index (χ4v) is 8.64. The number of hydroxylamine groups is 2. The number of aromatic carboxylic acids is 1. The van der Waals surface area contributed by atoms with Gasteiger partial charge in [-0.05, 0) is 209 Å². The molecule has 1 heterocycles. The summed E-state index contributed by atoms with van der Waals surface area (Å²) < 4.78 is 10.1. The van der Waals surface area contributed by atoms with E-state index in [1.54, 1.807) is 17.6 Å². The molecular weight excluding hydrogens is 773 g/mol. The van der Waals surface area contributed by atoms with Crippen molar-refractivity contribution in [3.8, 4) is 0 Å². The highest BCUT2D eigenvalue weighted by Crippen LogP contribution is 2.25. The fourth-order valence-electron chi connectivity index (χ4n) is 8.64. The minimum Gasteiger partial charge on any atom is -0.478 e. The molecular formula is C50H60N2O9. The van der Waals surface area contributed by atoms with Crippen molar-refractivity contribution in [2.75, 3.05) is 13.7 Å². The summed E-state index contributed by atoms with van der Waals surface area (Å²) in [5.74, 6) is -1.68. The van der Waals surface area contributed by atoms with Crippen molar-refractivity contribution in [2.45, 2.75) is 128 Å². The first-order chi connectivity index (χ1) is 29.7. The van der Waals surface area contributed by atoms with Gasteiger partial charge in [0, 0.05) is 24.2 Å². The lowest BCUT2D eigenvalue weighted by atomic mass is 9.90. The summed E-state index contributed by atoms with van der Waals surface area (Å²) in [7, 11) is 1.42. The first kappa shape index (κ1) is 45.2. The molecule has 0 radical (unpaired) electrons. The van der Waals surface area contributed by atoms with Crippen LogP contribution in [0.4, 0.5) is 0 Å². The Morgan fingerprint density at radius 2 is 0.918 bits per heavy atom. The molecule has 0 aromatic heterocycles. The van der Waals surface area contributed by atoms with Crippen LogP contribution in [0.2, 0.25) is 0 Å². The van der Waals surface area contributed by atoms with E-state index < -0.39 is 11.9 Å².